The summed E-state index contributed by atoms with van der Waals surface area (Å²) in [5, 5.41) is 3.06. The Balaban J connectivity index is 1.37. The largest absolute Gasteiger partial charge is 0.495 e. The summed E-state index contributed by atoms with van der Waals surface area (Å²) in [6, 6.07) is 18.5. The lowest BCUT2D eigenvalue weighted by Crippen LogP contribution is -2.49. The van der Waals surface area contributed by atoms with E-state index in [-0.39, 0.29) is 11.7 Å². The van der Waals surface area contributed by atoms with E-state index in [9.17, 15) is 9.18 Å². The van der Waals surface area contributed by atoms with Crippen LogP contribution < -0.4 is 9.64 Å². The third-order valence-electron chi connectivity index (χ3n) is 5.94. The standard InChI is InChI=1S/C25H24FN3O2S/c1-31-23-8-3-2-7-21(23)27-10-12-28(13-11-27)24(30)22-16-19-9-14-32-25(19)29(22)17-18-5-4-6-20(26)15-18/h2-9,14-16H,10-13,17H2,1H3. The fourth-order valence-electron chi connectivity index (χ4n) is 4.33. The number of rotatable bonds is 5. The highest BCUT2D eigenvalue weighted by Crippen LogP contribution is 2.30. The number of thiophene rings is 1. The van der Waals surface area contributed by atoms with Crippen molar-refractivity contribution in [2.75, 3.05) is 38.2 Å². The summed E-state index contributed by atoms with van der Waals surface area (Å²) >= 11 is 1.60. The quantitative estimate of drug-likeness (QED) is 0.437. The van der Waals surface area contributed by atoms with Crippen molar-refractivity contribution < 1.29 is 13.9 Å². The molecule has 1 aliphatic rings. The second-order valence-electron chi connectivity index (χ2n) is 7.88. The van der Waals surface area contributed by atoms with Gasteiger partial charge in [0.25, 0.3) is 5.91 Å². The number of carbonyl (C=O) groups excluding carboxylic acids is 1. The van der Waals surface area contributed by atoms with E-state index in [0.717, 1.165) is 40.3 Å². The summed E-state index contributed by atoms with van der Waals surface area (Å²) in [7, 11) is 1.68. The number of aromatic nitrogens is 1. The molecule has 1 fully saturated rings. The third kappa shape index (κ3) is 3.84. The first-order valence-corrected chi connectivity index (χ1v) is 11.5. The minimum atomic E-state index is -0.266. The number of benzene rings is 2. The average Bonchev–Trinajstić information content (AvgIpc) is 3.41. The van der Waals surface area contributed by atoms with Crippen LogP contribution in [-0.4, -0.2) is 48.7 Å². The van der Waals surface area contributed by atoms with Gasteiger partial charge in [0, 0.05) is 38.1 Å². The van der Waals surface area contributed by atoms with Gasteiger partial charge in [-0.1, -0.05) is 24.3 Å². The van der Waals surface area contributed by atoms with E-state index in [1.54, 1.807) is 24.5 Å². The molecule has 5 nitrogen and oxygen atoms in total. The van der Waals surface area contributed by atoms with E-state index in [4.69, 9.17) is 4.74 Å². The molecule has 0 unspecified atom stereocenters. The lowest BCUT2D eigenvalue weighted by molar-refractivity contribution is 0.0737. The molecule has 0 aliphatic carbocycles. The minimum absolute atomic E-state index is 0.0180. The molecular weight excluding hydrogens is 425 g/mol. The Morgan fingerprint density at radius 2 is 1.84 bits per heavy atom. The van der Waals surface area contributed by atoms with Crippen molar-refractivity contribution in [3.05, 3.63) is 83.1 Å². The molecule has 5 rings (SSSR count). The van der Waals surface area contributed by atoms with Crippen molar-refractivity contribution in [1.82, 2.24) is 9.47 Å². The van der Waals surface area contributed by atoms with Crippen LogP contribution in [0.5, 0.6) is 5.75 Å². The number of carbonyl (C=O) groups is 1. The molecule has 4 aromatic rings. The first-order chi connectivity index (χ1) is 15.6. The predicted molar refractivity (Wildman–Crippen MR) is 126 cm³/mol. The van der Waals surface area contributed by atoms with Gasteiger partial charge in [0.05, 0.1) is 12.8 Å². The van der Waals surface area contributed by atoms with Crippen LogP contribution in [0.2, 0.25) is 0 Å². The molecule has 0 radical (unpaired) electrons. The summed E-state index contributed by atoms with van der Waals surface area (Å²) in [6.07, 6.45) is 0. The number of ether oxygens (including phenoxy) is 1. The Morgan fingerprint density at radius 3 is 2.62 bits per heavy atom. The molecular formula is C25H24FN3O2S. The molecule has 0 saturated carbocycles. The minimum Gasteiger partial charge on any atom is -0.495 e. The van der Waals surface area contributed by atoms with Crippen molar-refractivity contribution in [2.24, 2.45) is 0 Å². The van der Waals surface area contributed by atoms with Crippen molar-refractivity contribution in [3.8, 4) is 5.75 Å². The van der Waals surface area contributed by atoms with Gasteiger partial charge in [-0.25, -0.2) is 4.39 Å². The van der Waals surface area contributed by atoms with Crippen LogP contribution in [0.1, 0.15) is 16.1 Å². The van der Waals surface area contributed by atoms with Gasteiger partial charge in [-0.3, -0.25) is 4.79 Å². The van der Waals surface area contributed by atoms with E-state index in [1.807, 2.05) is 51.2 Å². The molecule has 1 amide bonds. The van der Waals surface area contributed by atoms with Crippen molar-refractivity contribution >= 4 is 33.1 Å². The zero-order valence-corrected chi connectivity index (χ0v) is 18.6. The molecule has 164 valence electrons. The van der Waals surface area contributed by atoms with Crippen LogP contribution >= 0.6 is 11.3 Å². The van der Waals surface area contributed by atoms with Crippen LogP contribution in [0.3, 0.4) is 0 Å². The Bertz CT molecular complexity index is 1260. The zero-order chi connectivity index (χ0) is 22.1. The van der Waals surface area contributed by atoms with Gasteiger partial charge >= 0.3 is 0 Å². The summed E-state index contributed by atoms with van der Waals surface area (Å²) in [6.45, 7) is 3.21. The summed E-state index contributed by atoms with van der Waals surface area (Å²) < 4.78 is 21.2. The highest BCUT2D eigenvalue weighted by Gasteiger charge is 2.26. The third-order valence-corrected chi connectivity index (χ3v) is 6.90. The predicted octanol–water partition coefficient (Wildman–Crippen LogP) is 4.86. The molecule has 2 aromatic heterocycles. The van der Waals surface area contributed by atoms with E-state index in [0.29, 0.717) is 25.3 Å². The zero-order valence-electron chi connectivity index (χ0n) is 17.8. The van der Waals surface area contributed by atoms with Gasteiger partial charge in [0.15, 0.2) is 0 Å². The lowest BCUT2D eigenvalue weighted by atomic mass is 10.2. The molecule has 0 atom stereocenters. The number of hydrogen-bond donors (Lipinski definition) is 0. The van der Waals surface area contributed by atoms with Gasteiger partial charge in [-0.05, 0) is 47.3 Å². The van der Waals surface area contributed by atoms with Crippen LogP contribution in [0.15, 0.2) is 66.0 Å². The molecule has 2 aromatic carbocycles. The normalized spacial score (nSPS) is 14.2. The second kappa shape index (κ2) is 8.67. The number of anilines is 1. The highest BCUT2D eigenvalue weighted by molar-refractivity contribution is 7.16. The summed E-state index contributed by atoms with van der Waals surface area (Å²) in [5.74, 6) is 0.596. The van der Waals surface area contributed by atoms with E-state index < -0.39 is 0 Å². The first kappa shape index (κ1) is 20.6. The summed E-state index contributed by atoms with van der Waals surface area (Å²) in [4.78, 5) is 18.7. The Hall–Kier alpha value is -3.32. The SMILES string of the molecule is COc1ccccc1N1CCN(C(=O)c2cc3ccsc3n2Cc2cccc(F)c2)CC1. The van der Waals surface area contributed by atoms with Gasteiger partial charge in [0.2, 0.25) is 0 Å². The number of hydrogen-bond acceptors (Lipinski definition) is 4. The molecule has 1 aliphatic heterocycles. The van der Waals surface area contributed by atoms with Crippen molar-refractivity contribution in [3.63, 3.8) is 0 Å². The van der Waals surface area contributed by atoms with Gasteiger partial charge in [-0.15, -0.1) is 11.3 Å². The van der Waals surface area contributed by atoms with Crippen LogP contribution in [0.25, 0.3) is 10.2 Å². The Labute approximate surface area is 190 Å². The number of piperazine rings is 1. The smallest absolute Gasteiger partial charge is 0.270 e. The molecule has 0 bridgehead atoms. The fraction of sp³-hybridized carbons (Fsp3) is 0.240. The van der Waals surface area contributed by atoms with E-state index in [1.165, 1.54) is 12.1 Å². The number of methoxy groups -OCH3 is 1. The average molecular weight is 450 g/mol. The van der Waals surface area contributed by atoms with Crippen LogP contribution in [0, 0.1) is 5.82 Å². The first-order valence-electron chi connectivity index (χ1n) is 10.6. The number of fused-ring (bicyclic) bond motifs is 1. The maximum atomic E-state index is 13.7. The molecule has 0 spiro atoms. The van der Waals surface area contributed by atoms with Gasteiger partial charge < -0.3 is 19.1 Å². The number of para-hydroxylation sites is 2. The van der Waals surface area contributed by atoms with Gasteiger partial charge in [0.1, 0.15) is 22.1 Å². The van der Waals surface area contributed by atoms with Crippen LogP contribution in [-0.2, 0) is 6.54 Å². The van der Waals surface area contributed by atoms with E-state index >= 15 is 0 Å². The molecule has 1 saturated heterocycles. The summed E-state index contributed by atoms with van der Waals surface area (Å²) in [5.41, 5.74) is 2.55. The van der Waals surface area contributed by atoms with Crippen molar-refractivity contribution in [2.45, 2.75) is 6.54 Å². The van der Waals surface area contributed by atoms with Crippen molar-refractivity contribution in [1.29, 1.82) is 0 Å². The molecule has 0 N–H and O–H groups in total. The second-order valence-corrected chi connectivity index (χ2v) is 8.77. The molecule has 3 heterocycles. The monoisotopic (exact) mass is 449 g/mol. The maximum absolute atomic E-state index is 13.7. The molecule has 7 heteroatoms. The number of halogens is 1. The van der Waals surface area contributed by atoms with Gasteiger partial charge in [-0.2, -0.15) is 0 Å². The Morgan fingerprint density at radius 1 is 1.03 bits per heavy atom. The number of nitrogens with zero attached hydrogens (tertiary/aromatic N) is 3. The highest BCUT2D eigenvalue weighted by atomic mass is 32.1. The number of amides is 1. The van der Waals surface area contributed by atoms with E-state index in [2.05, 4.69) is 11.0 Å². The van der Waals surface area contributed by atoms with Crippen LogP contribution in [0.4, 0.5) is 10.1 Å². The Kier molecular flexibility index (Phi) is 5.57. The fourth-order valence-corrected chi connectivity index (χ4v) is 5.23. The molecule has 32 heavy (non-hydrogen) atoms. The maximum Gasteiger partial charge on any atom is 0.270 e. The topological polar surface area (TPSA) is 37.7 Å². The lowest BCUT2D eigenvalue weighted by Gasteiger charge is -2.36.